The lowest BCUT2D eigenvalue weighted by atomic mass is 9.86. The van der Waals surface area contributed by atoms with Crippen LogP contribution in [-0.2, 0) is 17.9 Å². The maximum absolute atomic E-state index is 12.5. The average molecular weight is 288 g/mol. The lowest BCUT2D eigenvalue weighted by molar-refractivity contribution is -0.132. The molecule has 21 heavy (non-hydrogen) atoms. The molecule has 2 rings (SSSR count). The first-order chi connectivity index (χ1) is 10.2. The van der Waals surface area contributed by atoms with E-state index in [1.165, 1.54) is 37.7 Å². The fourth-order valence-electron chi connectivity index (χ4n) is 3.26. The van der Waals surface area contributed by atoms with Crippen molar-refractivity contribution in [3.05, 3.63) is 35.4 Å². The lowest BCUT2D eigenvalue weighted by Crippen LogP contribution is -2.32. The van der Waals surface area contributed by atoms with Crippen LogP contribution in [0.5, 0.6) is 0 Å². The Hall–Kier alpha value is -1.35. The molecule has 1 aromatic rings. The molecule has 1 aromatic carbocycles. The number of nitrogens with two attached hydrogens (primary N) is 1. The van der Waals surface area contributed by atoms with Crippen molar-refractivity contribution in [2.24, 2.45) is 11.7 Å². The molecular weight excluding hydrogens is 260 g/mol. The number of rotatable bonds is 6. The third-order valence-electron chi connectivity index (χ3n) is 4.62. The van der Waals surface area contributed by atoms with Crippen molar-refractivity contribution in [2.75, 3.05) is 6.54 Å². The van der Waals surface area contributed by atoms with E-state index < -0.39 is 0 Å². The van der Waals surface area contributed by atoms with Crippen molar-refractivity contribution in [2.45, 2.75) is 58.5 Å². The Bertz CT molecular complexity index is 452. The second kappa shape index (κ2) is 8.18. The van der Waals surface area contributed by atoms with E-state index in [9.17, 15) is 4.79 Å². The Morgan fingerprint density at radius 1 is 1.19 bits per heavy atom. The van der Waals surface area contributed by atoms with Gasteiger partial charge in [0.2, 0.25) is 5.91 Å². The van der Waals surface area contributed by atoms with Gasteiger partial charge in [0, 0.05) is 26.1 Å². The highest BCUT2D eigenvalue weighted by Crippen LogP contribution is 2.27. The van der Waals surface area contributed by atoms with Gasteiger partial charge in [0.05, 0.1) is 0 Å². The monoisotopic (exact) mass is 288 g/mol. The van der Waals surface area contributed by atoms with Gasteiger partial charge in [-0.25, -0.2) is 0 Å². The summed E-state index contributed by atoms with van der Waals surface area (Å²) in [5.41, 5.74) is 8.11. The highest BCUT2D eigenvalue weighted by atomic mass is 16.2. The van der Waals surface area contributed by atoms with E-state index in [1.54, 1.807) is 0 Å². The van der Waals surface area contributed by atoms with Crippen molar-refractivity contribution in [1.82, 2.24) is 4.90 Å². The van der Waals surface area contributed by atoms with Gasteiger partial charge in [-0.2, -0.15) is 0 Å². The van der Waals surface area contributed by atoms with Crippen LogP contribution >= 0.6 is 0 Å². The smallest absolute Gasteiger partial charge is 0.223 e. The summed E-state index contributed by atoms with van der Waals surface area (Å²) < 4.78 is 0. The molecule has 0 aliphatic heterocycles. The quantitative estimate of drug-likeness (QED) is 0.871. The standard InChI is InChI=1S/C18H28N2O/c1-2-20(14-17-11-7-6-10-16(17)13-19)18(21)12-15-8-4-3-5-9-15/h6-7,10-11,15H,2-5,8-9,12-14,19H2,1H3. The Morgan fingerprint density at radius 3 is 2.48 bits per heavy atom. The fourth-order valence-corrected chi connectivity index (χ4v) is 3.26. The van der Waals surface area contributed by atoms with Gasteiger partial charge in [0.25, 0.3) is 0 Å². The van der Waals surface area contributed by atoms with Gasteiger partial charge in [-0.3, -0.25) is 4.79 Å². The summed E-state index contributed by atoms with van der Waals surface area (Å²) in [5, 5.41) is 0. The third-order valence-corrected chi connectivity index (χ3v) is 4.62. The molecule has 116 valence electrons. The van der Waals surface area contributed by atoms with Gasteiger partial charge in [-0.1, -0.05) is 43.5 Å². The van der Waals surface area contributed by atoms with Crippen LogP contribution in [0.15, 0.2) is 24.3 Å². The molecule has 0 saturated heterocycles. The second-order valence-electron chi connectivity index (χ2n) is 6.09. The lowest BCUT2D eigenvalue weighted by Gasteiger charge is -2.26. The van der Waals surface area contributed by atoms with Crippen molar-refractivity contribution in [1.29, 1.82) is 0 Å². The van der Waals surface area contributed by atoms with Crippen molar-refractivity contribution in [3.8, 4) is 0 Å². The molecule has 1 fully saturated rings. The van der Waals surface area contributed by atoms with Gasteiger partial charge in [0.1, 0.15) is 0 Å². The molecule has 0 radical (unpaired) electrons. The van der Waals surface area contributed by atoms with Crippen molar-refractivity contribution in [3.63, 3.8) is 0 Å². The number of carbonyl (C=O) groups is 1. The molecule has 0 unspecified atom stereocenters. The molecule has 3 nitrogen and oxygen atoms in total. The van der Waals surface area contributed by atoms with E-state index in [-0.39, 0.29) is 0 Å². The zero-order valence-electron chi connectivity index (χ0n) is 13.2. The molecule has 1 aliphatic carbocycles. The molecular formula is C18H28N2O. The summed E-state index contributed by atoms with van der Waals surface area (Å²) in [6, 6.07) is 8.16. The predicted octanol–water partition coefficient (Wildman–Crippen LogP) is 3.46. The summed E-state index contributed by atoms with van der Waals surface area (Å²) >= 11 is 0. The SMILES string of the molecule is CCN(Cc1ccccc1CN)C(=O)CC1CCCCC1. The highest BCUT2D eigenvalue weighted by Gasteiger charge is 2.20. The molecule has 0 heterocycles. The minimum Gasteiger partial charge on any atom is -0.339 e. The fraction of sp³-hybridized carbons (Fsp3) is 0.611. The van der Waals surface area contributed by atoms with Crippen LogP contribution in [0.3, 0.4) is 0 Å². The summed E-state index contributed by atoms with van der Waals surface area (Å²) in [5.74, 6) is 0.904. The van der Waals surface area contributed by atoms with Gasteiger partial charge in [-0.15, -0.1) is 0 Å². The van der Waals surface area contributed by atoms with Crippen LogP contribution in [0.4, 0.5) is 0 Å². The minimum absolute atomic E-state index is 0.302. The van der Waals surface area contributed by atoms with E-state index in [2.05, 4.69) is 19.1 Å². The predicted molar refractivity (Wildman–Crippen MR) is 86.6 cm³/mol. The zero-order valence-corrected chi connectivity index (χ0v) is 13.2. The van der Waals surface area contributed by atoms with E-state index >= 15 is 0 Å². The molecule has 1 amide bonds. The first-order valence-electron chi connectivity index (χ1n) is 8.29. The van der Waals surface area contributed by atoms with E-state index in [0.29, 0.717) is 24.9 Å². The van der Waals surface area contributed by atoms with Crippen LogP contribution in [-0.4, -0.2) is 17.4 Å². The van der Waals surface area contributed by atoms with Gasteiger partial charge >= 0.3 is 0 Å². The molecule has 0 atom stereocenters. The summed E-state index contributed by atoms with van der Waals surface area (Å²) in [6.45, 7) is 4.05. The van der Waals surface area contributed by atoms with Crippen LogP contribution in [0, 0.1) is 5.92 Å². The Balaban J connectivity index is 1.96. The summed E-state index contributed by atoms with van der Waals surface area (Å²) in [6.07, 6.45) is 7.09. The first kappa shape index (κ1) is 16.0. The normalized spacial score (nSPS) is 15.9. The average Bonchev–Trinajstić information content (AvgIpc) is 2.53. The molecule has 3 heteroatoms. The van der Waals surface area contributed by atoms with Crippen LogP contribution < -0.4 is 5.73 Å². The van der Waals surface area contributed by atoms with Gasteiger partial charge in [-0.05, 0) is 36.8 Å². The Morgan fingerprint density at radius 2 is 1.86 bits per heavy atom. The second-order valence-corrected chi connectivity index (χ2v) is 6.09. The Kier molecular flexibility index (Phi) is 6.24. The number of nitrogens with zero attached hydrogens (tertiary/aromatic N) is 1. The number of hydrogen-bond donors (Lipinski definition) is 1. The molecule has 0 spiro atoms. The van der Waals surface area contributed by atoms with Crippen molar-refractivity contribution >= 4 is 5.91 Å². The van der Waals surface area contributed by atoms with E-state index in [0.717, 1.165) is 18.5 Å². The first-order valence-corrected chi connectivity index (χ1v) is 8.29. The highest BCUT2D eigenvalue weighted by molar-refractivity contribution is 5.76. The Labute approximate surface area is 128 Å². The minimum atomic E-state index is 0.302. The number of amides is 1. The maximum atomic E-state index is 12.5. The van der Waals surface area contributed by atoms with E-state index in [1.807, 2.05) is 17.0 Å². The third kappa shape index (κ3) is 4.57. The van der Waals surface area contributed by atoms with Crippen molar-refractivity contribution < 1.29 is 4.79 Å². The van der Waals surface area contributed by atoms with Gasteiger partial charge < -0.3 is 10.6 Å². The topological polar surface area (TPSA) is 46.3 Å². The van der Waals surface area contributed by atoms with Gasteiger partial charge in [0.15, 0.2) is 0 Å². The van der Waals surface area contributed by atoms with Crippen LogP contribution in [0.25, 0.3) is 0 Å². The maximum Gasteiger partial charge on any atom is 0.223 e. The number of benzene rings is 1. The molecule has 2 N–H and O–H groups in total. The van der Waals surface area contributed by atoms with E-state index in [4.69, 9.17) is 5.73 Å². The summed E-state index contributed by atoms with van der Waals surface area (Å²) in [7, 11) is 0. The largest absolute Gasteiger partial charge is 0.339 e. The summed E-state index contributed by atoms with van der Waals surface area (Å²) in [4.78, 5) is 14.5. The van der Waals surface area contributed by atoms with Crippen LogP contribution in [0.1, 0.15) is 56.6 Å². The number of carbonyl (C=O) groups excluding carboxylic acids is 1. The molecule has 0 aromatic heterocycles. The molecule has 1 saturated carbocycles. The number of hydrogen-bond acceptors (Lipinski definition) is 2. The molecule has 0 bridgehead atoms. The van der Waals surface area contributed by atoms with Crippen LogP contribution in [0.2, 0.25) is 0 Å². The zero-order chi connectivity index (χ0) is 15.1. The molecule has 1 aliphatic rings.